The average Bonchev–Trinajstić information content (AvgIpc) is 2.92. The predicted octanol–water partition coefficient (Wildman–Crippen LogP) is 13.4. The first-order valence-electron chi connectivity index (χ1n) is 17.1. The summed E-state index contributed by atoms with van der Waals surface area (Å²) in [7, 11) is 0. The minimum atomic E-state index is 0.211. The van der Waals surface area contributed by atoms with E-state index in [-0.39, 0.29) is 21.7 Å². The van der Waals surface area contributed by atoms with Gasteiger partial charge in [-0.05, 0) is 124 Å². The molecule has 0 atom stereocenters. The highest BCUT2D eigenvalue weighted by Crippen LogP contribution is 2.30. The Labute approximate surface area is 297 Å². The minimum Gasteiger partial charge on any atom is -0.399 e. The molecule has 0 amide bonds. The summed E-state index contributed by atoms with van der Waals surface area (Å²) < 4.78 is 1.24. The van der Waals surface area contributed by atoms with Gasteiger partial charge in [0.05, 0.1) is 0 Å². The molecule has 0 aliphatic rings. The van der Waals surface area contributed by atoms with Gasteiger partial charge in [-0.1, -0.05) is 160 Å². The van der Waals surface area contributed by atoms with Crippen molar-refractivity contribution in [1.82, 2.24) is 0 Å². The van der Waals surface area contributed by atoms with Crippen molar-refractivity contribution >= 4 is 21.6 Å². The Kier molecular flexibility index (Phi) is 13.4. The van der Waals surface area contributed by atoms with Crippen LogP contribution >= 0.6 is 15.9 Å². The molecular weight excluding hydrogens is 634 g/mol. The number of anilines is 1. The van der Waals surface area contributed by atoms with E-state index in [9.17, 15) is 0 Å². The lowest BCUT2D eigenvalue weighted by molar-refractivity contribution is 0.588. The SMILES string of the molecule is CC(C)(C)c1ccc(N)cc1.Cc1cc(C(C)(C)C)cc(C)c1Br.Cc1cc(C(C)(C)C)cc(C)c1Cc1ccc(C(C)(C)C)cc1. The number of hydrogen-bond acceptors (Lipinski definition) is 1. The summed E-state index contributed by atoms with van der Waals surface area (Å²) in [6, 6.07) is 26.4. The maximum Gasteiger partial charge on any atom is 0.0314 e. The van der Waals surface area contributed by atoms with Crippen LogP contribution in [0.3, 0.4) is 0 Å². The van der Waals surface area contributed by atoms with Crippen LogP contribution in [0.2, 0.25) is 0 Å². The molecule has 1 nitrogen and oxygen atoms in total. The molecule has 4 rings (SSSR count). The zero-order chi connectivity index (χ0) is 36.1. The third-order valence-electron chi connectivity index (χ3n) is 8.84. The van der Waals surface area contributed by atoms with Crippen LogP contribution in [-0.4, -0.2) is 0 Å². The van der Waals surface area contributed by atoms with Crippen molar-refractivity contribution in [3.63, 3.8) is 0 Å². The fraction of sp³-hybridized carbons (Fsp3) is 0.467. The number of halogens is 1. The van der Waals surface area contributed by atoms with Gasteiger partial charge in [0.15, 0.2) is 0 Å². The first kappa shape index (κ1) is 40.3. The van der Waals surface area contributed by atoms with Gasteiger partial charge in [-0.15, -0.1) is 0 Å². The lowest BCUT2D eigenvalue weighted by Gasteiger charge is -2.23. The van der Waals surface area contributed by atoms with E-state index in [0.717, 1.165) is 12.1 Å². The van der Waals surface area contributed by atoms with E-state index in [1.54, 1.807) is 0 Å². The lowest BCUT2D eigenvalue weighted by Crippen LogP contribution is -2.13. The molecule has 2 heteroatoms. The second kappa shape index (κ2) is 15.6. The smallest absolute Gasteiger partial charge is 0.0314 e. The lowest BCUT2D eigenvalue weighted by atomic mass is 9.82. The summed E-state index contributed by atoms with van der Waals surface area (Å²) in [6.45, 7) is 35.8. The van der Waals surface area contributed by atoms with Crippen molar-refractivity contribution in [2.24, 2.45) is 0 Å². The standard InChI is InChI=1S/C23H32.C12H17Br.C10H15N/c1-16-13-20(23(6,7)8)14-17(2)21(16)15-18-9-11-19(12-10-18)22(3,4)5;1-8-6-10(12(3,4)5)7-9(2)11(8)13;1-10(2,3)8-4-6-9(11)7-5-8/h9-14H,15H2,1-8H3;6-7H,1-5H3;4-7H,11H2,1-3H3. The second-order valence-electron chi connectivity index (χ2n) is 17.5. The van der Waals surface area contributed by atoms with Gasteiger partial charge in [-0.2, -0.15) is 0 Å². The van der Waals surface area contributed by atoms with E-state index in [2.05, 4.69) is 187 Å². The van der Waals surface area contributed by atoms with E-state index in [1.165, 1.54) is 60.1 Å². The number of nitrogens with two attached hydrogens (primary N) is 1. The molecule has 0 aromatic heterocycles. The van der Waals surface area contributed by atoms with Gasteiger partial charge in [0.2, 0.25) is 0 Å². The molecule has 0 spiro atoms. The largest absolute Gasteiger partial charge is 0.399 e. The van der Waals surface area contributed by atoms with Gasteiger partial charge in [-0.3, -0.25) is 0 Å². The Morgan fingerprint density at radius 1 is 0.447 bits per heavy atom. The van der Waals surface area contributed by atoms with Gasteiger partial charge < -0.3 is 5.73 Å². The average molecular weight is 699 g/mol. The molecule has 0 aliphatic carbocycles. The molecule has 0 fully saturated rings. The van der Waals surface area contributed by atoms with Crippen LogP contribution in [0.25, 0.3) is 0 Å². The van der Waals surface area contributed by atoms with Gasteiger partial charge in [0.1, 0.15) is 0 Å². The zero-order valence-electron chi connectivity index (χ0n) is 32.6. The summed E-state index contributed by atoms with van der Waals surface area (Å²) in [5.74, 6) is 0. The van der Waals surface area contributed by atoms with Crippen LogP contribution < -0.4 is 5.73 Å². The van der Waals surface area contributed by atoms with Crippen LogP contribution in [0.1, 0.15) is 139 Å². The number of hydrogen-bond donors (Lipinski definition) is 1. The van der Waals surface area contributed by atoms with E-state index >= 15 is 0 Å². The molecule has 2 N–H and O–H groups in total. The quantitative estimate of drug-likeness (QED) is 0.207. The van der Waals surface area contributed by atoms with E-state index in [1.807, 2.05) is 12.1 Å². The van der Waals surface area contributed by atoms with Crippen LogP contribution in [0, 0.1) is 27.7 Å². The highest BCUT2D eigenvalue weighted by atomic mass is 79.9. The second-order valence-corrected chi connectivity index (χ2v) is 18.3. The van der Waals surface area contributed by atoms with Crippen molar-refractivity contribution in [1.29, 1.82) is 0 Å². The maximum atomic E-state index is 5.57. The molecule has 4 aromatic carbocycles. The molecular formula is C45H64BrN. The highest BCUT2D eigenvalue weighted by Gasteiger charge is 2.18. The Bertz CT molecular complexity index is 1550. The summed E-state index contributed by atoms with van der Waals surface area (Å²) in [6.07, 6.45) is 1.02. The minimum absolute atomic E-state index is 0.211. The number of nitrogen functional groups attached to an aromatic ring is 1. The van der Waals surface area contributed by atoms with E-state index in [4.69, 9.17) is 5.73 Å². The molecule has 0 saturated heterocycles. The summed E-state index contributed by atoms with van der Waals surface area (Å²) in [4.78, 5) is 0. The highest BCUT2D eigenvalue weighted by molar-refractivity contribution is 9.10. The molecule has 0 unspecified atom stereocenters. The molecule has 0 radical (unpaired) electrons. The van der Waals surface area contributed by atoms with Crippen molar-refractivity contribution in [3.05, 3.63) is 133 Å². The molecule has 0 saturated carbocycles. The summed E-state index contributed by atoms with van der Waals surface area (Å²) in [5, 5.41) is 0. The normalized spacial score (nSPS) is 12.1. The van der Waals surface area contributed by atoms with Crippen LogP contribution in [-0.2, 0) is 28.1 Å². The molecule has 0 aliphatic heterocycles. The predicted molar refractivity (Wildman–Crippen MR) is 214 cm³/mol. The molecule has 256 valence electrons. The number of aryl methyl sites for hydroxylation is 4. The Hall–Kier alpha value is -2.84. The van der Waals surface area contributed by atoms with Crippen LogP contribution in [0.15, 0.2) is 77.3 Å². The molecule has 47 heavy (non-hydrogen) atoms. The van der Waals surface area contributed by atoms with Crippen LogP contribution in [0.4, 0.5) is 5.69 Å². The maximum absolute atomic E-state index is 5.57. The van der Waals surface area contributed by atoms with E-state index in [0.29, 0.717) is 0 Å². The van der Waals surface area contributed by atoms with Gasteiger partial charge in [0, 0.05) is 10.2 Å². The van der Waals surface area contributed by atoms with E-state index < -0.39 is 0 Å². The van der Waals surface area contributed by atoms with Gasteiger partial charge in [0.25, 0.3) is 0 Å². The number of benzene rings is 4. The van der Waals surface area contributed by atoms with Gasteiger partial charge in [-0.25, -0.2) is 0 Å². The molecule has 4 aromatic rings. The Morgan fingerprint density at radius 3 is 1.06 bits per heavy atom. The van der Waals surface area contributed by atoms with Crippen molar-refractivity contribution in [3.8, 4) is 0 Å². The summed E-state index contributed by atoms with van der Waals surface area (Å²) >= 11 is 3.58. The third-order valence-corrected chi connectivity index (χ3v) is 10.1. The zero-order valence-corrected chi connectivity index (χ0v) is 34.2. The summed E-state index contributed by atoms with van der Waals surface area (Å²) in [5.41, 5.74) is 21.2. The molecule has 0 heterocycles. The number of rotatable bonds is 2. The third kappa shape index (κ3) is 12.3. The fourth-order valence-electron chi connectivity index (χ4n) is 5.39. The topological polar surface area (TPSA) is 26.0 Å². The Morgan fingerprint density at radius 2 is 0.745 bits per heavy atom. The Balaban J connectivity index is 0.000000270. The van der Waals surface area contributed by atoms with Crippen molar-refractivity contribution in [2.75, 3.05) is 5.73 Å². The fourth-order valence-corrected chi connectivity index (χ4v) is 5.62. The first-order valence-corrected chi connectivity index (χ1v) is 17.9. The van der Waals surface area contributed by atoms with Crippen molar-refractivity contribution < 1.29 is 0 Å². The van der Waals surface area contributed by atoms with Crippen LogP contribution in [0.5, 0.6) is 0 Å². The first-order chi connectivity index (χ1) is 21.3. The monoisotopic (exact) mass is 697 g/mol. The van der Waals surface area contributed by atoms with Crippen molar-refractivity contribution in [2.45, 2.75) is 139 Å². The molecule has 0 bridgehead atoms. The van der Waals surface area contributed by atoms with Gasteiger partial charge >= 0.3 is 0 Å².